The number of benzene rings is 1. The fraction of sp³-hybridized carbons (Fsp3) is 0.538. The summed E-state index contributed by atoms with van der Waals surface area (Å²) in [7, 11) is 0. The maximum absolute atomic E-state index is 9.47. The maximum Gasteiger partial charge on any atom is 0.0661 e. The Kier molecular flexibility index (Phi) is 4.19. The quantitative estimate of drug-likeness (QED) is 0.671. The van der Waals surface area contributed by atoms with Crippen LogP contribution in [0.1, 0.15) is 32.3 Å². The minimum absolute atomic E-state index is 0.133. The van der Waals surface area contributed by atoms with Gasteiger partial charge in [-0.1, -0.05) is 19.9 Å². The van der Waals surface area contributed by atoms with Crippen molar-refractivity contribution in [3.8, 4) is 0 Å². The Morgan fingerprint density at radius 3 is 2.38 bits per heavy atom. The summed E-state index contributed by atoms with van der Waals surface area (Å²) in [4.78, 5) is 0. The highest BCUT2D eigenvalue weighted by Crippen LogP contribution is 2.24. The van der Waals surface area contributed by atoms with Gasteiger partial charge >= 0.3 is 0 Å². The van der Waals surface area contributed by atoms with Crippen molar-refractivity contribution in [3.05, 3.63) is 23.8 Å². The van der Waals surface area contributed by atoms with Gasteiger partial charge in [-0.05, 0) is 37.5 Å². The molecule has 1 aromatic carbocycles. The van der Waals surface area contributed by atoms with Crippen molar-refractivity contribution < 1.29 is 5.11 Å². The molecule has 0 radical (unpaired) electrons. The molecule has 0 aliphatic rings. The Balaban J connectivity index is 2.89. The Labute approximate surface area is 97.7 Å². The van der Waals surface area contributed by atoms with E-state index < -0.39 is 0 Å². The van der Waals surface area contributed by atoms with E-state index in [1.807, 2.05) is 25.1 Å². The highest BCUT2D eigenvalue weighted by atomic mass is 16.3. The number of hydrogen-bond donors (Lipinski definition) is 3. The Bertz CT molecular complexity index is 338. The second-order valence-electron chi connectivity index (χ2n) is 4.34. The van der Waals surface area contributed by atoms with Gasteiger partial charge in [-0.2, -0.15) is 0 Å². The van der Waals surface area contributed by atoms with Crippen molar-refractivity contribution in [1.29, 1.82) is 0 Å². The van der Waals surface area contributed by atoms with Gasteiger partial charge in [0, 0.05) is 11.4 Å². The van der Waals surface area contributed by atoms with Crippen LogP contribution in [0.25, 0.3) is 0 Å². The summed E-state index contributed by atoms with van der Waals surface area (Å²) in [6, 6.07) is 5.91. The summed E-state index contributed by atoms with van der Waals surface area (Å²) in [5.74, 6) is 0. The number of rotatable bonds is 5. The number of nitrogens with one attached hydrogen (secondary N) is 1. The lowest BCUT2D eigenvalue weighted by atomic mass is 9.93. The van der Waals surface area contributed by atoms with Crippen LogP contribution in [0.15, 0.2) is 18.2 Å². The van der Waals surface area contributed by atoms with E-state index in [1.54, 1.807) is 0 Å². The largest absolute Gasteiger partial charge is 0.398 e. The number of aliphatic hydroxyl groups is 1. The molecule has 3 heteroatoms. The molecule has 0 amide bonds. The SMILES string of the molecule is CCC(CC)(CO)Nc1ccc(C)c(N)c1. The zero-order valence-corrected chi connectivity index (χ0v) is 10.4. The molecular weight excluding hydrogens is 200 g/mol. The van der Waals surface area contributed by atoms with E-state index in [1.165, 1.54) is 0 Å². The second kappa shape index (κ2) is 5.21. The molecule has 0 unspecified atom stereocenters. The van der Waals surface area contributed by atoms with Crippen LogP contribution in [0.2, 0.25) is 0 Å². The van der Waals surface area contributed by atoms with Crippen LogP contribution in [0.3, 0.4) is 0 Å². The van der Waals surface area contributed by atoms with Crippen LogP contribution >= 0.6 is 0 Å². The van der Waals surface area contributed by atoms with Gasteiger partial charge < -0.3 is 16.2 Å². The molecule has 1 aromatic rings. The summed E-state index contributed by atoms with van der Waals surface area (Å²) in [5, 5.41) is 12.8. The predicted octanol–water partition coefficient (Wildman–Crippen LogP) is 2.54. The molecule has 0 heterocycles. The molecule has 3 nitrogen and oxygen atoms in total. The third kappa shape index (κ3) is 2.67. The minimum atomic E-state index is -0.234. The second-order valence-corrected chi connectivity index (χ2v) is 4.34. The van der Waals surface area contributed by atoms with Gasteiger partial charge in [0.05, 0.1) is 12.1 Å². The molecule has 0 saturated carbocycles. The van der Waals surface area contributed by atoms with E-state index in [0.717, 1.165) is 29.8 Å². The number of nitrogen functional groups attached to an aromatic ring is 1. The number of aryl methyl sites for hydroxylation is 1. The van der Waals surface area contributed by atoms with Crippen LogP contribution in [0, 0.1) is 6.92 Å². The number of nitrogens with two attached hydrogens (primary N) is 1. The van der Waals surface area contributed by atoms with Crippen LogP contribution in [-0.2, 0) is 0 Å². The average Bonchev–Trinajstić information content (AvgIpc) is 2.31. The predicted molar refractivity (Wildman–Crippen MR) is 69.6 cm³/mol. The molecule has 0 aliphatic heterocycles. The summed E-state index contributed by atoms with van der Waals surface area (Å²) >= 11 is 0. The number of hydrogen-bond acceptors (Lipinski definition) is 3. The van der Waals surface area contributed by atoms with Crippen molar-refractivity contribution in [2.45, 2.75) is 39.2 Å². The lowest BCUT2D eigenvalue weighted by molar-refractivity contribution is 0.202. The van der Waals surface area contributed by atoms with Crippen LogP contribution in [-0.4, -0.2) is 17.3 Å². The first-order chi connectivity index (χ1) is 7.56. The molecule has 0 spiro atoms. The van der Waals surface area contributed by atoms with Crippen molar-refractivity contribution in [3.63, 3.8) is 0 Å². The van der Waals surface area contributed by atoms with Gasteiger partial charge in [0.2, 0.25) is 0 Å². The number of aliphatic hydroxyl groups excluding tert-OH is 1. The lowest BCUT2D eigenvalue weighted by Crippen LogP contribution is -2.40. The summed E-state index contributed by atoms with van der Waals surface area (Å²) in [6.07, 6.45) is 1.77. The zero-order valence-electron chi connectivity index (χ0n) is 10.4. The van der Waals surface area contributed by atoms with Gasteiger partial charge in [0.15, 0.2) is 0 Å². The van der Waals surface area contributed by atoms with Gasteiger partial charge in [0.25, 0.3) is 0 Å². The van der Waals surface area contributed by atoms with E-state index in [9.17, 15) is 5.11 Å². The van der Waals surface area contributed by atoms with Crippen LogP contribution in [0.4, 0.5) is 11.4 Å². The monoisotopic (exact) mass is 222 g/mol. The first-order valence-electron chi connectivity index (χ1n) is 5.82. The molecule has 0 aliphatic carbocycles. The smallest absolute Gasteiger partial charge is 0.0661 e. The molecular formula is C13H22N2O. The van der Waals surface area contributed by atoms with Crippen LogP contribution < -0.4 is 11.1 Å². The molecule has 16 heavy (non-hydrogen) atoms. The molecule has 0 atom stereocenters. The first kappa shape index (κ1) is 12.8. The fourth-order valence-electron chi connectivity index (χ4n) is 1.71. The molecule has 0 bridgehead atoms. The van der Waals surface area contributed by atoms with Crippen LogP contribution in [0.5, 0.6) is 0 Å². The van der Waals surface area contributed by atoms with Crippen molar-refractivity contribution in [1.82, 2.24) is 0 Å². The zero-order chi connectivity index (χ0) is 12.2. The Morgan fingerprint density at radius 1 is 1.31 bits per heavy atom. The highest BCUT2D eigenvalue weighted by Gasteiger charge is 2.24. The van der Waals surface area contributed by atoms with E-state index >= 15 is 0 Å². The number of anilines is 2. The van der Waals surface area contributed by atoms with E-state index in [-0.39, 0.29) is 12.1 Å². The van der Waals surface area contributed by atoms with E-state index in [2.05, 4.69) is 19.2 Å². The van der Waals surface area contributed by atoms with E-state index in [4.69, 9.17) is 5.73 Å². The fourth-order valence-corrected chi connectivity index (χ4v) is 1.71. The Morgan fingerprint density at radius 2 is 1.94 bits per heavy atom. The third-order valence-electron chi connectivity index (χ3n) is 3.34. The standard InChI is InChI=1S/C13H22N2O/c1-4-13(5-2,9-16)15-11-7-6-10(3)12(14)8-11/h6-8,15-16H,4-5,9,14H2,1-3H3. The first-order valence-corrected chi connectivity index (χ1v) is 5.82. The maximum atomic E-state index is 9.47. The molecule has 0 aromatic heterocycles. The normalized spacial score (nSPS) is 11.5. The van der Waals surface area contributed by atoms with Gasteiger partial charge in [-0.3, -0.25) is 0 Å². The molecule has 90 valence electrons. The van der Waals surface area contributed by atoms with E-state index in [0.29, 0.717) is 0 Å². The van der Waals surface area contributed by atoms with Crippen molar-refractivity contribution in [2.75, 3.05) is 17.7 Å². The molecule has 0 fully saturated rings. The van der Waals surface area contributed by atoms with Gasteiger partial charge in [-0.15, -0.1) is 0 Å². The van der Waals surface area contributed by atoms with Gasteiger partial charge in [0.1, 0.15) is 0 Å². The van der Waals surface area contributed by atoms with Crippen molar-refractivity contribution >= 4 is 11.4 Å². The average molecular weight is 222 g/mol. The summed E-state index contributed by atoms with van der Waals surface area (Å²) in [6.45, 7) is 6.26. The Hall–Kier alpha value is -1.22. The highest BCUT2D eigenvalue weighted by molar-refractivity contribution is 5.59. The minimum Gasteiger partial charge on any atom is -0.398 e. The third-order valence-corrected chi connectivity index (χ3v) is 3.34. The molecule has 1 rings (SSSR count). The van der Waals surface area contributed by atoms with Crippen molar-refractivity contribution in [2.24, 2.45) is 0 Å². The lowest BCUT2D eigenvalue weighted by Gasteiger charge is -2.32. The molecule has 4 N–H and O–H groups in total. The molecule has 0 saturated heterocycles. The summed E-state index contributed by atoms with van der Waals surface area (Å²) < 4.78 is 0. The van der Waals surface area contributed by atoms with Gasteiger partial charge in [-0.25, -0.2) is 0 Å². The topological polar surface area (TPSA) is 58.3 Å². The summed E-state index contributed by atoms with van der Waals surface area (Å²) in [5.41, 5.74) is 8.46.